The largest absolute Gasteiger partial charge is 0.468 e. The van der Waals surface area contributed by atoms with Crippen molar-refractivity contribution in [1.29, 1.82) is 0 Å². The molecule has 4 rings (SSSR count). The molecule has 0 radical (unpaired) electrons. The number of carbonyl (C=O) groups is 1. The van der Waals surface area contributed by atoms with E-state index >= 15 is 0 Å². The lowest BCUT2D eigenvalue weighted by molar-refractivity contribution is -0.147. The molecule has 2 aromatic carbocycles. The molecule has 0 aliphatic rings. The summed E-state index contributed by atoms with van der Waals surface area (Å²) in [6.45, 7) is 3.63. The van der Waals surface area contributed by atoms with Crippen molar-refractivity contribution >= 4 is 44.4 Å². The zero-order valence-electron chi connectivity index (χ0n) is 18.7. The summed E-state index contributed by atoms with van der Waals surface area (Å²) in [7, 11) is -2.64. The molecule has 1 atom stereocenters. The van der Waals surface area contributed by atoms with Crippen LogP contribution in [-0.4, -0.2) is 41.5 Å². The lowest BCUT2D eigenvalue weighted by Crippen LogP contribution is -2.33. The van der Waals surface area contributed by atoms with Crippen LogP contribution in [0.1, 0.15) is 25.8 Å². The quantitative estimate of drug-likeness (QED) is 0.380. The summed E-state index contributed by atoms with van der Waals surface area (Å²) in [6.07, 6.45) is 2.09. The van der Waals surface area contributed by atoms with Gasteiger partial charge in [0, 0.05) is 11.2 Å². The van der Waals surface area contributed by atoms with E-state index in [1.54, 1.807) is 55.6 Å². The Morgan fingerprint density at radius 1 is 1.18 bits per heavy atom. The number of hydrogen-bond donors (Lipinski definition) is 1. The Labute approximate surface area is 201 Å². The van der Waals surface area contributed by atoms with Crippen LogP contribution in [0.4, 0.5) is 5.69 Å². The van der Waals surface area contributed by atoms with Gasteiger partial charge in [0.25, 0.3) is 10.0 Å². The normalized spacial score (nSPS) is 13.4. The third-order valence-corrected chi connectivity index (χ3v) is 7.42. The number of nitrogens with one attached hydrogen (secondary N) is 1. The standard InChI is InChI=1S/C23H22ClN5O4S/c1-4-23(2,22(30)33-3)15-7-10-17(11-8-15)34(31,32)27-18-12-9-16(24)14-20(18)29-19-6-5-13-25-21(19)26-28-29/h5-14,27H,4H2,1-3H3. The van der Waals surface area contributed by atoms with Gasteiger partial charge < -0.3 is 4.74 Å². The Balaban J connectivity index is 1.70. The summed E-state index contributed by atoms with van der Waals surface area (Å²) in [5.41, 5.74) is 1.45. The first-order chi connectivity index (χ1) is 16.2. The summed E-state index contributed by atoms with van der Waals surface area (Å²) < 4.78 is 35.4. The van der Waals surface area contributed by atoms with Crippen LogP contribution in [0, 0.1) is 0 Å². The minimum atomic E-state index is -3.97. The lowest BCUT2D eigenvalue weighted by atomic mass is 9.80. The van der Waals surface area contributed by atoms with Crippen LogP contribution in [0.3, 0.4) is 0 Å². The van der Waals surface area contributed by atoms with Gasteiger partial charge in [0.1, 0.15) is 5.52 Å². The van der Waals surface area contributed by atoms with Crippen LogP contribution < -0.4 is 4.72 Å². The van der Waals surface area contributed by atoms with Gasteiger partial charge in [-0.3, -0.25) is 9.52 Å². The molecule has 2 heterocycles. The molecule has 1 unspecified atom stereocenters. The molecule has 11 heteroatoms. The zero-order chi connectivity index (χ0) is 24.5. The number of fused-ring (bicyclic) bond motifs is 1. The average molecular weight is 500 g/mol. The number of benzene rings is 2. The van der Waals surface area contributed by atoms with E-state index in [2.05, 4.69) is 20.0 Å². The SMILES string of the molecule is CCC(C)(C(=O)OC)c1ccc(S(=O)(=O)Nc2ccc(Cl)cc2-n2nnc3ncccc32)cc1. The van der Waals surface area contributed by atoms with E-state index in [4.69, 9.17) is 16.3 Å². The number of anilines is 1. The Morgan fingerprint density at radius 3 is 2.59 bits per heavy atom. The molecule has 2 aromatic heterocycles. The second-order valence-corrected chi connectivity index (χ2v) is 9.93. The Morgan fingerprint density at radius 2 is 1.91 bits per heavy atom. The predicted octanol–water partition coefficient (Wildman–Crippen LogP) is 4.11. The number of ether oxygens (including phenoxy) is 1. The van der Waals surface area contributed by atoms with Gasteiger partial charge in [-0.25, -0.2) is 18.1 Å². The van der Waals surface area contributed by atoms with Crippen LogP contribution in [-0.2, 0) is 25.0 Å². The second kappa shape index (κ2) is 9.03. The molecule has 176 valence electrons. The van der Waals surface area contributed by atoms with Gasteiger partial charge in [-0.1, -0.05) is 35.9 Å². The van der Waals surface area contributed by atoms with E-state index in [-0.39, 0.29) is 16.6 Å². The smallest absolute Gasteiger partial charge is 0.315 e. The first-order valence-corrected chi connectivity index (χ1v) is 12.2. The van der Waals surface area contributed by atoms with Gasteiger partial charge in [-0.05, 0) is 61.4 Å². The molecule has 4 aromatic rings. The number of methoxy groups -OCH3 is 1. The number of pyridine rings is 1. The fourth-order valence-corrected chi connectivity index (χ4v) is 4.85. The molecule has 34 heavy (non-hydrogen) atoms. The van der Waals surface area contributed by atoms with E-state index in [9.17, 15) is 13.2 Å². The fraction of sp³-hybridized carbons (Fsp3) is 0.217. The van der Waals surface area contributed by atoms with E-state index in [1.165, 1.54) is 23.9 Å². The maximum absolute atomic E-state index is 13.2. The molecule has 0 spiro atoms. The molecule has 0 amide bonds. The van der Waals surface area contributed by atoms with Gasteiger partial charge in [-0.2, -0.15) is 0 Å². The summed E-state index contributed by atoms with van der Waals surface area (Å²) in [6, 6.07) is 14.4. The van der Waals surface area contributed by atoms with Crippen LogP contribution >= 0.6 is 11.6 Å². The van der Waals surface area contributed by atoms with E-state index in [0.29, 0.717) is 33.9 Å². The first kappa shape index (κ1) is 23.7. The minimum absolute atomic E-state index is 0.0329. The molecule has 0 aliphatic carbocycles. The highest BCUT2D eigenvalue weighted by atomic mass is 35.5. The highest BCUT2D eigenvalue weighted by molar-refractivity contribution is 7.92. The molecule has 0 aliphatic heterocycles. The number of aromatic nitrogens is 4. The summed E-state index contributed by atoms with van der Waals surface area (Å²) in [5.74, 6) is -0.385. The first-order valence-electron chi connectivity index (χ1n) is 10.4. The molecule has 0 saturated carbocycles. The molecular formula is C23H22ClN5O4S. The van der Waals surface area contributed by atoms with Crippen molar-refractivity contribution in [2.75, 3.05) is 11.8 Å². The summed E-state index contributed by atoms with van der Waals surface area (Å²) >= 11 is 6.19. The molecule has 1 N–H and O–H groups in total. The average Bonchev–Trinajstić information content (AvgIpc) is 3.28. The van der Waals surface area contributed by atoms with E-state index in [1.807, 2.05) is 6.92 Å². The zero-order valence-corrected chi connectivity index (χ0v) is 20.3. The summed E-state index contributed by atoms with van der Waals surface area (Å²) in [5, 5.41) is 8.54. The predicted molar refractivity (Wildman–Crippen MR) is 129 cm³/mol. The molecule has 9 nitrogen and oxygen atoms in total. The fourth-order valence-electron chi connectivity index (χ4n) is 3.61. The number of esters is 1. The topological polar surface area (TPSA) is 116 Å². The summed E-state index contributed by atoms with van der Waals surface area (Å²) in [4.78, 5) is 16.5. The highest BCUT2D eigenvalue weighted by Crippen LogP contribution is 2.31. The number of sulfonamides is 1. The Kier molecular flexibility index (Phi) is 6.28. The molecule has 0 fully saturated rings. The van der Waals surface area contributed by atoms with Crippen molar-refractivity contribution in [2.45, 2.75) is 30.6 Å². The van der Waals surface area contributed by atoms with Crippen molar-refractivity contribution in [2.24, 2.45) is 0 Å². The molecule has 0 saturated heterocycles. The van der Waals surface area contributed by atoms with E-state index < -0.39 is 15.4 Å². The Bertz CT molecular complexity index is 1470. The van der Waals surface area contributed by atoms with Crippen molar-refractivity contribution in [3.05, 3.63) is 71.4 Å². The molecular weight excluding hydrogens is 478 g/mol. The van der Waals surface area contributed by atoms with Gasteiger partial charge in [0.2, 0.25) is 5.65 Å². The Hall–Kier alpha value is -3.50. The third-order valence-electron chi connectivity index (χ3n) is 5.80. The minimum Gasteiger partial charge on any atom is -0.468 e. The number of carbonyl (C=O) groups excluding carboxylic acids is 1. The number of nitrogens with zero attached hydrogens (tertiary/aromatic N) is 4. The maximum Gasteiger partial charge on any atom is 0.315 e. The van der Waals surface area contributed by atoms with Gasteiger partial charge in [-0.15, -0.1) is 5.10 Å². The number of halogens is 1. The van der Waals surface area contributed by atoms with Crippen LogP contribution in [0.2, 0.25) is 5.02 Å². The van der Waals surface area contributed by atoms with E-state index in [0.717, 1.165) is 0 Å². The van der Waals surface area contributed by atoms with Gasteiger partial charge in [0.05, 0.1) is 28.8 Å². The monoisotopic (exact) mass is 499 g/mol. The van der Waals surface area contributed by atoms with Crippen molar-refractivity contribution < 1.29 is 17.9 Å². The van der Waals surface area contributed by atoms with Gasteiger partial charge in [0.15, 0.2) is 0 Å². The number of hydrogen-bond acceptors (Lipinski definition) is 7. The highest BCUT2D eigenvalue weighted by Gasteiger charge is 2.34. The van der Waals surface area contributed by atoms with Gasteiger partial charge >= 0.3 is 5.97 Å². The van der Waals surface area contributed by atoms with Crippen molar-refractivity contribution in [3.8, 4) is 5.69 Å². The third kappa shape index (κ3) is 4.22. The molecule has 0 bridgehead atoms. The van der Waals surface area contributed by atoms with Crippen LogP contribution in [0.25, 0.3) is 16.9 Å². The van der Waals surface area contributed by atoms with Crippen LogP contribution in [0.5, 0.6) is 0 Å². The second-order valence-electron chi connectivity index (χ2n) is 7.82. The lowest BCUT2D eigenvalue weighted by Gasteiger charge is -2.25. The van der Waals surface area contributed by atoms with Crippen molar-refractivity contribution in [1.82, 2.24) is 20.0 Å². The van der Waals surface area contributed by atoms with Crippen LogP contribution in [0.15, 0.2) is 65.7 Å². The number of rotatable bonds is 7. The van der Waals surface area contributed by atoms with Crippen molar-refractivity contribution in [3.63, 3.8) is 0 Å². The maximum atomic E-state index is 13.2.